The van der Waals surface area contributed by atoms with Gasteiger partial charge in [0.25, 0.3) is 5.69 Å². The van der Waals surface area contributed by atoms with Crippen LogP contribution in [0.25, 0.3) is 0 Å². The number of non-ortho nitro benzene ring substituents is 1. The maximum Gasteiger partial charge on any atom is 0.270 e. The predicted octanol–water partition coefficient (Wildman–Crippen LogP) is 3.97. The second kappa shape index (κ2) is 7.16. The van der Waals surface area contributed by atoms with Crippen LogP contribution in [0.1, 0.15) is 36.4 Å². The van der Waals surface area contributed by atoms with E-state index in [0.29, 0.717) is 18.8 Å². The molecule has 2 aliphatic rings. The van der Waals surface area contributed by atoms with E-state index in [1.54, 1.807) is 6.07 Å². The molecule has 27 heavy (non-hydrogen) atoms. The number of ether oxygens (including phenoxy) is 2. The first-order chi connectivity index (χ1) is 13.2. The number of hydrogen-bond acceptors (Lipinski definition) is 6. The Hall–Kier alpha value is -3.27. The molecule has 1 saturated heterocycles. The highest BCUT2D eigenvalue weighted by molar-refractivity contribution is 5.64. The molecule has 0 saturated carbocycles. The normalized spacial score (nSPS) is 18.6. The summed E-state index contributed by atoms with van der Waals surface area (Å²) in [6.07, 6.45) is 2.79. The lowest BCUT2D eigenvalue weighted by atomic mass is 10.0. The average molecular weight is 365 g/mol. The van der Waals surface area contributed by atoms with Crippen molar-refractivity contribution in [3.8, 4) is 17.6 Å². The summed E-state index contributed by atoms with van der Waals surface area (Å²) in [5.74, 6) is 1.51. The summed E-state index contributed by atoms with van der Waals surface area (Å²) in [5.41, 5.74) is 2.09. The van der Waals surface area contributed by atoms with Crippen molar-refractivity contribution in [3.05, 3.63) is 57.6 Å². The van der Waals surface area contributed by atoms with Crippen molar-refractivity contribution >= 4 is 11.4 Å². The number of rotatable bonds is 3. The molecule has 1 fully saturated rings. The van der Waals surface area contributed by atoms with E-state index in [1.165, 1.54) is 12.1 Å². The summed E-state index contributed by atoms with van der Waals surface area (Å²) in [4.78, 5) is 12.7. The second-order valence-corrected chi connectivity index (χ2v) is 6.68. The van der Waals surface area contributed by atoms with Gasteiger partial charge in [-0.05, 0) is 36.6 Å². The van der Waals surface area contributed by atoms with E-state index in [0.717, 1.165) is 48.6 Å². The topological polar surface area (TPSA) is 88.6 Å². The molecule has 2 aromatic rings. The molecule has 7 heteroatoms. The lowest BCUT2D eigenvalue weighted by molar-refractivity contribution is -0.384. The van der Waals surface area contributed by atoms with Crippen molar-refractivity contribution in [1.29, 1.82) is 5.26 Å². The molecular formula is C20H19N3O4. The zero-order valence-electron chi connectivity index (χ0n) is 14.8. The molecule has 0 bridgehead atoms. The first-order valence-corrected chi connectivity index (χ1v) is 9.02. The van der Waals surface area contributed by atoms with Crippen LogP contribution in [0.5, 0.6) is 11.5 Å². The fourth-order valence-electron chi connectivity index (χ4n) is 3.77. The van der Waals surface area contributed by atoms with Crippen LogP contribution in [0.4, 0.5) is 11.4 Å². The molecule has 0 N–H and O–H groups in total. The number of hydrogen-bond donors (Lipinski definition) is 0. The smallest absolute Gasteiger partial charge is 0.270 e. The summed E-state index contributed by atoms with van der Waals surface area (Å²) in [5, 5.41) is 20.5. The van der Waals surface area contributed by atoms with Gasteiger partial charge in [-0.1, -0.05) is 6.07 Å². The lowest BCUT2D eigenvalue weighted by Crippen LogP contribution is -2.23. The van der Waals surface area contributed by atoms with E-state index in [4.69, 9.17) is 9.47 Å². The fourth-order valence-corrected chi connectivity index (χ4v) is 3.77. The Morgan fingerprint density at radius 1 is 1.11 bits per heavy atom. The Bertz CT molecular complexity index is 922. The zero-order chi connectivity index (χ0) is 18.8. The molecule has 2 aromatic carbocycles. The highest BCUT2D eigenvalue weighted by Crippen LogP contribution is 2.41. The summed E-state index contributed by atoms with van der Waals surface area (Å²) in [6.45, 7) is 2.08. The average Bonchev–Trinajstić information content (AvgIpc) is 3.05. The summed E-state index contributed by atoms with van der Waals surface area (Å²) < 4.78 is 11.5. The Kier molecular flexibility index (Phi) is 4.55. The van der Waals surface area contributed by atoms with Crippen molar-refractivity contribution in [2.75, 3.05) is 24.7 Å². The predicted molar refractivity (Wildman–Crippen MR) is 99.2 cm³/mol. The molecule has 0 radical (unpaired) electrons. The van der Waals surface area contributed by atoms with Crippen molar-refractivity contribution in [1.82, 2.24) is 0 Å². The van der Waals surface area contributed by atoms with Crippen LogP contribution in [-0.4, -0.2) is 24.7 Å². The lowest BCUT2D eigenvalue weighted by Gasteiger charge is -2.28. The fraction of sp³-hybridized carbons (Fsp3) is 0.350. The van der Waals surface area contributed by atoms with E-state index < -0.39 is 4.92 Å². The van der Waals surface area contributed by atoms with Gasteiger partial charge in [-0.3, -0.25) is 10.1 Å². The Balaban J connectivity index is 1.68. The van der Waals surface area contributed by atoms with Crippen LogP contribution in [0.15, 0.2) is 36.4 Å². The number of anilines is 1. The van der Waals surface area contributed by atoms with Crippen molar-refractivity contribution in [2.24, 2.45) is 0 Å². The minimum Gasteiger partial charge on any atom is -0.490 e. The number of nitrogens with zero attached hydrogens (tertiary/aromatic N) is 3. The van der Waals surface area contributed by atoms with Gasteiger partial charge in [0.15, 0.2) is 11.5 Å². The van der Waals surface area contributed by atoms with Crippen LogP contribution < -0.4 is 14.4 Å². The van der Waals surface area contributed by atoms with Crippen molar-refractivity contribution in [3.63, 3.8) is 0 Å². The highest BCUT2D eigenvalue weighted by atomic mass is 16.6. The Morgan fingerprint density at radius 2 is 1.93 bits per heavy atom. The molecular weight excluding hydrogens is 346 g/mol. The van der Waals surface area contributed by atoms with Gasteiger partial charge in [-0.2, -0.15) is 5.26 Å². The molecule has 138 valence electrons. The second-order valence-electron chi connectivity index (χ2n) is 6.68. The zero-order valence-corrected chi connectivity index (χ0v) is 14.8. The van der Waals surface area contributed by atoms with Gasteiger partial charge in [0.1, 0.15) is 6.07 Å². The Labute approximate surface area is 156 Å². The van der Waals surface area contributed by atoms with Crippen LogP contribution >= 0.6 is 0 Å². The molecule has 0 amide bonds. The first-order valence-electron chi connectivity index (χ1n) is 9.02. The highest BCUT2D eigenvalue weighted by Gasteiger charge is 2.29. The third-order valence-corrected chi connectivity index (χ3v) is 5.03. The maximum absolute atomic E-state index is 11.0. The number of benzene rings is 2. The van der Waals surface area contributed by atoms with Crippen molar-refractivity contribution < 1.29 is 14.4 Å². The van der Waals surface area contributed by atoms with E-state index in [9.17, 15) is 15.4 Å². The minimum absolute atomic E-state index is 0.0679. The minimum atomic E-state index is -0.476. The number of nitriles is 1. The molecule has 7 nitrogen and oxygen atoms in total. The molecule has 4 rings (SSSR count). The van der Waals surface area contributed by atoms with Crippen LogP contribution in [0.3, 0.4) is 0 Å². The van der Waals surface area contributed by atoms with Crippen LogP contribution in [0.2, 0.25) is 0 Å². The van der Waals surface area contributed by atoms with Crippen LogP contribution in [0, 0.1) is 21.4 Å². The standard InChI is InChI=1S/C20H19N3O4/c21-13-15-11-16(23(24)25)5-6-18(15)22-8-1-3-17(22)14-4-7-19-20(12-14)27-10-2-9-26-19/h4-7,11-12,17H,1-3,8-10H2/t17-/m0/s1. The monoisotopic (exact) mass is 365 g/mol. The summed E-state index contributed by atoms with van der Waals surface area (Å²) >= 11 is 0. The summed E-state index contributed by atoms with van der Waals surface area (Å²) in [6, 6.07) is 12.7. The van der Waals surface area contributed by atoms with Gasteiger partial charge in [-0.15, -0.1) is 0 Å². The third kappa shape index (κ3) is 3.26. The largest absolute Gasteiger partial charge is 0.490 e. The van der Waals surface area contributed by atoms with Gasteiger partial charge >= 0.3 is 0 Å². The number of fused-ring (bicyclic) bond motifs is 1. The van der Waals surface area contributed by atoms with E-state index in [-0.39, 0.29) is 11.7 Å². The first kappa shape index (κ1) is 17.2. The van der Waals surface area contributed by atoms with Crippen molar-refractivity contribution in [2.45, 2.75) is 25.3 Å². The molecule has 0 unspecified atom stereocenters. The molecule has 2 heterocycles. The molecule has 2 aliphatic heterocycles. The summed E-state index contributed by atoms with van der Waals surface area (Å²) in [7, 11) is 0. The molecule has 0 aliphatic carbocycles. The third-order valence-electron chi connectivity index (χ3n) is 5.03. The SMILES string of the molecule is N#Cc1cc([N+](=O)[O-])ccc1N1CCC[C@H]1c1ccc2c(c1)OCCCO2. The molecule has 0 aromatic heterocycles. The quantitative estimate of drug-likeness (QED) is 0.604. The number of nitro benzene ring substituents is 1. The van der Waals surface area contributed by atoms with Gasteiger partial charge in [0, 0.05) is 25.1 Å². The van der Waals surface area contributed by atoms with Gasteiger partial charge in [-0.25, -0.2) is 0 Å². The van der Waals surface area contributed by atoms with E-state index >= 15 is 0 Å². The number of nitro groups is 1. The molecule has 1 atom stereocenters. The molecule has 0 spiro atoms. The maximum atomic E-state index is 11.0. The van der Waals surface area contributed by atoms with Gasteiger partial charge < -0.3 is 14.4 Å². The van der Waals surface area contributed by atoms with Gasteiger partial charge in [0.2, 0.25) is 0 Å². The van der Waals surface area contributed by atoms with E-state index in [2.05, 4.69) is 11.0 Å². The van der Waals surface area contributed by atoms with E-state index in [1.807, 2.05) is 18.2 Å². The van der Waals surface area contributed by atoms with Crippen LogP contribution in [-0.2, 0) is 0 Å². The Morgan fingerprint density at radius 3 is 2.70 bits per heavy atom. The van der Waals surface area contributed by atoms with Gasteiger partial charge in [0.05, 0.1) is 35.4 Å².